The maximum absolute atomic E-state index is 11.7. The van der Waals surface area contributed by atoms with E-state index in [4.69, 9.17) is 9.47 Å². The molecule has 0 bridgehead atoms. The zero-order chi connectivity index (χ0) is 23.0. The van der Waals surface area contributed by atoms with Gasteiger partial charge in [0.2, 0.25) is 6.23 Å². The number of rotatable bonds is 6. The lowest BCUT2D eigenvalue weighted by Gasteiger charge is -2.50. The van der Waals surface area contributed by atoms with Gasteiger partial charge in [0.1, 0.15) is 18.0 Å². The van der Waals surface area contributed by atoms with E-state index in [0.29, 0.717) is 18.7 Å². The van der Waals surface area contributed by atoms with Crippen molar-refractivity contribution in [3.63, 3.8) is 0 Å². The van der Waals surface area contributed by atoms with Crippen molar-refractivity contribution in [3.05, 3.63) is 29.8 Å². The molecule has 5 N–H and O–H groups in total. The van der Waals surface area contributed by atoms with Crippen LogP contribution in [0.25, 0.3) is 0 Å². The van der Waals surface area contributed by atoms with Gasteiger partial charge in [0.05, 0.1) is 33.4 Å². The molecule has 9 heteroatoms. The van der Waals surface area contributed by atoms with E-state index >= 15 is 0 Å². The summed E-state index contributed by atoms with van der Waals surface area (Å²) in [6.45, 7) is 0.366. The average molecular weight is 441 g/mol. The van der Waals surface area contributed by atoms with Crippen LogP contribution in [-0.2, 0) is 15.1 Å². The fraction of sp³-hybridized carbons (Fsp3) is 0.682. The van der Waals surface area contributed by atoms with Gasteiger partial charge in [0.15, 0.2) is 12.2 Å². The third kappa shape index (κ3) is 4.57. The fourth-order valence-electron chi connectivity index (χ4n) is 5.06. The van der Waals surface area contributed by atoms with E-state index in [1.165, 1.54) is 0 Å². The van der Waals surface area contributed by atoms with Gasteiger partial charge in [-0.2, -0.15) is 0 Å². The van der Waals surface area contributed by atoms with Gasteiger partial charge in [-0.25, -0.2) is 4.79 Å². The largest absolute Gasteiger partial charge is 0.497 e. The Morgan fingerprint density at radius 3 is 2.55 bits per heavy atom. The summed E-state index contributed by atoms with van der Waals surface area (Å²) in [6, 6.07) is 7.34. The lowest BCUT2D eigenvalue weighted by Crippen LogP contribution is -2.69. The molecular formula is C22H34NO8+. The molecule has 174 valence electrons. The van der Waals surface area contributed by atoms with Gasteiger partial charge < -0.3 is 39.5 Å². The lowest BCUT2D eigenvalue weighted by molar-refractivity contribution is -0.948. The molecule has 1 heterocycles. The normalized spacial score (nSPS) is 36.7. The Morgan fingerprint density at radius 1 is 1.19 bits per heavy atom. The Morgan fingerprint density at radius 2 is 1.90 bits per heavy atom. The third-order valence-electron chi connectivity index (χ3n) is 6.82. The number of likely N-dealkylation sites (N-methyl/N-ethyl adjacent to an activating group) is 1. The molecule has 0 amide bonds. The van der Waals surface area contributed by atoms with Gasteiger partial charge in [-0.3, -0.25) is 0 Å². The highest BCUT2D eigenvalue weighted by Gasteiger charge is 2.54. The SMILES string of the molecule is COc1cccc(C2(O)CCCCC2C[N+](C)(C)C2OC(C(=O)O)C(O)C(O)C2O)c1. The Kier molecular flexibility index (Phi) is 6.95. The highest BCUT2D eigenvalue weighted by atomic mass is 16.6. The average Bonchev–Trinajstić information content (AvgIpc) is 2.73. The van der Waals surface area contributed by atoms with Crippen molar-refractivity contribution in [3.8, 4) is 5.75 Å². The molecule has 2 fully saturated rings. The van der Waals surface area contributed by atoms with E-state index in [-0.39, 0.29) is 10.4 Å². The molecule has 0 spiro atoms. The van der Waals surface area contributed by atoms with E-state index in [9.17, 15) is 30.3 Å². The second-order valence-electron chi connectivity index (χ2n) is 9.32. The van der Waals surface area contributed by atoms with Gasteiger partial charge in [-0.15, -0.1) is 0 Å². The summed E-state index contributed by atoms with van der Waals surface area (Å²) in [4.78, 5) is 11.5. The van der Waals surface area contributed by atoms with Crippen molar-refractivity contribution in [1.29, 1.82) is 0 Å². The Labute approximate surface area is 182 Å². The van der Waals surface area contributed by atoms with Crippen LogP contribution in [-0.4, -0.2) is 94.4 Å². The first-order valence-corrected chi connectivity index (χ1v) is 10.6. The number of hydrogen-bond donors (Lipinski definition) is 5. The summed E-state index contributed by atoms with van der Waals surface area (Å²) in [5, 5.41) is 51.9. The summed E-state index contributed by atoms with van der Waals surface area (Å²) >= 11 is 0. The number of quaternary nitrogens is 1. The van der Waals surface area contributed by atoms with Crippen LogP contribution in [0.2, 0.25) is 0 Å². The van der Waals surface area contributed by atoms with Crippen LogP contribution in [0.1, 0.15) is 31.2 Å². The van der Waals surface area contributed by atoms with Crippen LogP contribution in [0.15, 0.2) is 24.3 Å². The van der Waals surface area contributed by atoms with Crippen LogP contribution in [0.3, 0.4) is 0 Å². The standard InChI is InChI=1S/C22H33NO8/c1-23(2,20-18(26)16(24)17(25)19(31-20)21(27)28)12-14-7-4-5-10-22(14,29)13-8-6-9-15(11-13)30-3/h6,8-9,11,14,16-20,24-26,29H,4-5,7,10,12H2,1-3H3/p+1. The van der Waals surface area contributed by atoms with Crippen LogP contribution < -0.4 is 4.74 Å². The van der Waals surface area contributed by atoms with Crippen LogP contribution >= 0.6 is 0 Å². The molecule has 1 aliphatic heterocycles. The molecule has 7 atom stereocenters. The van der Waals surface area contributed by atoms with Crippen molar-refractivity contribution in [2.24, 2.45) is 5.92 Å². The second-order valence-corrected chi connectivity index (χ2v) is 9.32. The minimum Gasteiger partial charge on any atom is -0.497 e. The quantitative estimate of drug-likeness (QED) is 0.391. The van der Waals surface area contributed by atoms with E-state index in [1.807, 2.05) is 24.3 Å². The highest BCUT2D eigenvalue weighted by Crippen LogP contribution is 2.44. The number of benzene rings is 1. The maximum atomic E-state index is 11.7. The first kappa shape index (κ1) is 23.9. The monoisotopic (exact) mass is 440 g/mol. The summed E-state index contributed by atoms with van der Waals surface area (Å²) in [5.41, 5.74) is -0.368. The van der Waals surface area contributed by atoms with E-state index < -0.39 is 42.2 Å². The number of carboxylic acids is 1. The molecule has 0 radical (unpaired) electrons. The van der Waals surface area contributed by atoms with Crippen molar-refractivity contribution in [2.75, 3.05) is 27.7 Å². The smallest absolute Gasteiger partial charge is 0.335 e. The lowest BCUT2D eigenvalue weighted by atomic mass is 9.71. The van der Waals surface area contributed by atoms with Gasteiger partial charge in [0, 0.05) is 5.92 Å². The van der Waals surface area contributed by atoms with Gasteiger partial charge in [-0.05, 0) is 30.5 Å². The summed E-state index contributed by atoms with van der Waals surface area (Å²) < 4.78 is 10.9. The fourth-order valence-corrected chi connectivity index (χ4v) is 5.06. The number of ether oxygens (including phenoxy) is 2. The predicted octanol–water partition coefficient (Wildman–Crippen LogP) is 0.0416. The molecule has 0 aromatic heterocycles. The van der Waals surface area contributed by atoms with Crippen LogP contribution in [0.4, 0.5) is 0 Å². The Balaban J connectivity index is 1.88. The first-order chi connectivity index (χ1) is 14.5. The van der Waals surface area contributed by atoms with Crippen LogP contribution in [0.5, 0.6) is 5.75 Å². The number of aliphatic carboxylic acids is 1. The van der Waals surface area contributed by atoms with Gasteiger partial charge >= 0.3 is 5.97 Å². The van der Waals surface area contributed by atoms with Crippen molar-refractivity contribution >= 4 is 5.97 Å². The van der Waals surface area contributed by atoms with E-state index in [0.717, 1.165) is 24.8 Å². The Hall–Kier alpha value is -1.75. The van der Waals surface area contributed by atoms with Crippen LogP contribution in [0, 0.1) is 5.92 Å². The molecule has 2 aliphatic rings. The summed E-state index contributed by atoms with van der Waals surface area (Å²) in [7, 11) is 5.09. The van der Waals surface area contributed by atoms with Crippen molar-refractivity contribution in [2.45, 2.75) is 61.9 Å². The number of aliphatic hydroxyl groups excluding tert-OH is 3. The molecule has 9 nitrogen and oxygen atoms in total. The summed E-state index contributed by atoms with van der Waals surface area (Å²) in [5.74, 6) is -0.961. The maximum Gasteiger partial charge on any atom is 0.335 e. The number of carbonyl (C=O) groups is 1. The number of aliphatic hydroxyl groups is 4. The Bertz CT molecular complexity index is 787. The van der Waals surface area contributed by atoms with Gasteiger partial charge in [-0.1, -0.05) is 25.0 Å². The molecule has 7 unspecified atom stereocenters. The molecule has 1 aromatic carbocycles. The number of carboxylic acid groups (broad SMARTS) is 1. The van der Waals surface area contributed by atoms with Crippen molar-refractivity contribution in [1.82, 2.24) is 0 Å². The molecule has 31 heavy (non-hydrogen) atoms. The van der Waals surface area contributed by atoms with Gasteiger partial charge in [0.25, 0.3) is 0 Å². The number of nitrogens with zero attached hydrogens (tertiary/aromatic N) is 1. The van der Waals surface area contributed by atoms with E-state index in [2.05, 4.69) is 0 Å². The summed E-state index contributed by atoms with van der Waals surface area (Å²) in [6.07, 6.45) is -4.48. The second kappa shape index (κ2) is 9.01. The topological polar surface area (TPSA) is 137 Å². The van der Waals surface area contributed by atoms with E-state index in [1.54, 1.807) is 21.2 Å². The molecule has 1 aromatic rings. The zero-order valence-electron chi connectivity index (χ0n) is 18.2. The molecular weight excluding hydrogens is 406 g/mol. The molecule has 3 rings (SSSR count). The first-order valence-electron chi connectivity index (χ1n) is 10.6. The molecule has 1 saturated heterocycles. The zero-order valence-corrected chi connectivity index (χ0v) is 18.2. The highest BCUT2D eigenvalue weighted by molar-refractivity contribution is 5.73. The van der Waals surface area contributed by atoms with Crippen molar-refractivity contribution < 1.29 is 44.3 Å². The number of methoxy groups -OCH3 is 1. The molecule has 1 aliphatic carbocycles. The minimum absolute atomic E-state index is 0.00563. The molecule has 1 saturated carbocycles. The minimum atomic E-state index is -1.73. The number of hydrogen-bond acceptors (Lipinski definition) is 7. The third-order valence-corrected chi connectivity index (χ3v) is 6.82. The predicted molar refractivity (Wildman–Crippen MR) is 110 cm³/mol.